The van der Waals surface area contributed by atoms with Crippen LogP contribution in [0.5, 0.6) is 0 Å². The van der Waals surface area contributed by atoms with Gasteiger partial charge in [0.15, 0.2) is 0 Å². The van der Waals surface area contributed by atoms with Crippen LogP contribution in [0.4, 0.5) is 11.6 Å². The van der Waals surface area contributed by atoms with Crippen LogP contribution in [-0.4, -0.2) is 35.0 Å². The number of carbonyl (C=O) groups is 1. The monoisotopic (exact) mass is 507 g/mol. The van der Waals surface area contributed by atoms with Gasteiger partial charge < -0.3 is 9.32 Å². The highest BCUT2D eigenvalue weighted by Crippen LogP contribution is 2.29. The van der Waals surface area contributed by atoms with Gasteiger partial charge in [0.25, 0.3) is 0 Å². The lowest BCUT2D eigenvalue weighted by molar-refractivity contribution is -0.123. The lowest BCUT2D eigenvalue weighted by Crippen LogP contribution is -2.37. The predicted molar refractivity (Wildman–Crippen MR) is 151 cm³/mol. The average molecular weight is 508 g/mol. The molecule has 1 aliphatic rings. The Hall–Kier alpha value is -4.26. The van der Waals surface area contributed by atoms with E-state index in [1.165, 1.54) is 6.42 Å². The van der Waals surface area contributed by atoms with Crippen LogP contribution in [0.1, 0.15) is 49.1 Å². The zero-order chi connectivity index (χ0) is 26.3. The summed E-state index contributed by atoms with van der Waals surface area (Å²) in [6.07, 6.45) is 15.8. The molecule has 0 unspecified atom stereocenters. The van der Waals surface area contributed by atoms with Crippen molar-refractivity contribution < 1.29 is 9.21 Å². The Morgan fingerprint density at radius 1 is 0.895 bits per heavy atom. The van der Waals surface area contributed by atoms with Crippen LogP contribution >= 0.6 is 0 Å². The first kappa shape index (κ1) is 25.4. The summed E-state index contributed by atoms with van der Waals surface area (Å²) in [7, 11) is 3.96. The van der Waals surface area contributed by atoms with Gasteiger partial charge in [0.1, 0.15) is 17.9 Å². The molecular weight excluding hydrogens is 474 g/mol. The van der Waals surface area contributed by atoms with E-state index < -0.39 is 0 Å². The number of nitrogens with zero attached hydrogens (tertiary/aromatic N) is 5. The molecule has 7 heteroatoms. The molecule has 0 atom stereocenters. The van der Waals surface area contributed by atoms with Crippen molar-refractivity contribution in [3.63, 3.8) is 0 Å². The highest BCUT2D eigenvalue weighted by molar-refractivity contribution is 5.94. The summed E-state index contributed by atoms with van der Waals surface area (Å²) in [5.41, 5.74) is 4.13. The number of benzene rings is 1. The lowest BCUT2D eigenvalue weighted by Gasteiger charge is -2.29. The molecule has 5 rings (SSSR count). The molecule has 0 spiro atoms. The first-order chi connectivity index (χ1) is 18.6. The SMILES string of the molecule is CN(C)c1ccc(-c2ccc(CN(C(=O)C3CCCCC3)c3cc(/C=C/c4ncco4)ccn3)cc2)cn1. The first-order valence-corrected chi connectivity index (χ1v) is 13.1. The third kappa shape index (κ3) is 6.17. The molecule has 3 heterocycles. The molecule has 0 N–H and O–H groups in total. The second-order valence-corrected chi connectivity index (χ2v) is 9.91. The Kier molecular flexibility index (Phi) is 7.92. The van der Waals surface area contributed by atoms with Gasteiger partial charge in [-0.2, -0.15) is 0 Å². The summed E-state index contributed by atoms with van der Waals surface area (Å²) < 4.78 is 5.30. The average Bonchev–Trinajstić information content (AvgIpc) is 3.49. The van der Waals surface area contributed by atoms with Crippen LogP contribution in [0.25, 0.3) is 23.3 Å². The van der Waals surface area contributed by atoms with Crippen molar-refractivity contribution in [1.82, 2.24) is 15.0 Å². The Labute approximate surface area is 223 Å². The van der Waals surface area contributed by atoms with Gasteiger partial charge in [-0.05, 0) is 59.9 Å². The molecule has 1 saturated carbocycles. The van der Waals surface area contributed by atoms with Gasteiger partial charge in [-0.1, -0.05) is 43.5 Å². The highest BCUT2D eigenvalue weighted by Gasteiger charge is 2.28. The van der Waals surface area contributed by atoms with Gasteiger partial charge in [0.2, 0.25) is 11.8 Å². The molecule has 4 aromatic rings. The highest BCUT2D eigenvalue weighted by atomic mass is 16.3. The van der Waals surface area contributed by atoms with Crippen LogP contribution in [0.15, 0.2) is 77.8 Å². The van der Waals surface area contributed by atoms with Gasteiger partial charge in [-0.15, -0.1) is 0 Å². The van der Waals surface area contributed by atoms with Crippen molar-refractivity contribution in [3.05, 3.63) is 90.4 Å². The largest absolute Gasteiger partial charge is 0.445 e. The van der Waals surface area contributed by atoms with E-state index in [1.54, 1.807) is 18.7 Å². The number of amides is 1. The molecule has 38 heavy (non-hydrogen) atoms. The maximum absolute atomic E-state index is 13.8. The van der Waals surface area contributed by atoms with E-state index in [9.17, 15) is 4.79 Å². The van der Waals surface area contributed by atoms with Crippen molar-refractivity contribution in [2.45, 2.75) is 38.6 Å². The molecule has 1 aromatic carbocycles. The van der Waals surface area contributed by atoms with Crippen LogP contribution in [-0.2, 0) is 11.3 Å². The second kappa shape index (κ2) is 11.9. The van der Waals surface area contributed by atoms with Crippen molar-refractivity contribution in [2.24, 2.45) is 5.92 Å². The van der Waals surface area contributed by atoms with Crippen molar-refractivity contribution >= 4 is 29.7 Å². The number of carbonyl (C=O) groups excluding carboxylic acids is 1. The van der Waals surface area contributed by atoms with Crippen LogP contribution in [0.2, 0.25) is 0 Å². The van der Waals surface area contributed by atoms with Gasteiger partial charge in [0, 0.05) is 44.0 Å². The molecule has 0 saturated heterocycles. The van der Waals surface area contributed by atoms with Crippen LogP contribution in [0, 0.1) is 5.92 Å². The number of aromatic nitrogens is 3. The summed E-state index contributed by atoms with van der Waals surface area (Å²) in [5.74, 6) is 2.30. The zero-order valence-electron chi connectivity index (χ0n) is 22.0. The summed E-state index contributed by atoms with van der Waals surface area (Å²) in [6.45, 7) is 0.466. The molecule has 0 radical (unpaired) electrons. The number of pyridine rings is 2. The standard InChI is InChI=1S/C31H33N5O2/c1-35(2)28-14-13-27(21-34-28)25-11-8-24(9-12-25)22-36(31(37)26-6-4-3-5-7-26)29-20-23(16-17-32-29)10-15-30-33-18-19-38-30/h8-21,26H,3-7,22H2,1-2H3/b15-10+. The molecule has 7 nitrogen and oxygen atoms in total. The van der Waals surface area contributed by atoms with E-state index in [0.717, 1.165) is 53.8 Å². The smallest absolute Gasteiger partial charge is 0.231 e. The molecule has 1 fully saturated rings. The Bertz CT molecular complexity index is 1360. The fraction of sp³-hybridized carbons (Fsp3) is 0.290. The number of hydrogen-bond acceptors (Lipinski definition) is 6. The van der Waals surface area contributed by atoms with Gasteiger partial charge in [-0.25, -0.2) is 15.0 Å². The third-order valence-electron chi connectivity index (χ3n) is 6.97. The van der Waals surface area contributed by atoms with E-state index in [0.29, 0.717) is 18.3 Å². The van der Waals surface area contributed by atoms with Crippen molar-refractivity contribution in [2.75, 3.05) is 23.9 Å². The summed E-state index contributed by atoms with van der Waals surface area (Å²) in [5, 5.41) is 0. The Morgan fingerprint density at radius 3 is 2.37 bits per heavy atom. The maximum atomic E-state index is 13.8. The lowest BCUT2D eigenvalue weighted by atomic mass is 9.88. The molecule has 194 valence electrons. The number of rotatable bonds is 8. The molecule has 1 amide bonds. The molecule has 0 bridgehead atoms. The van der Waals surface area contributed by atoms with Gasteiger partial charge in [-0.3, -0.25) is 9.69 Å². The molecule has 1 aliphatic carbocycles. The number of hydrogen-bond donors (Lipinski definition) is 0. The Morgan fingerprint density at radius 2 is 1.68 bits per heavy atom. The Balaban J connectivity index is 1.39. The fourth-order valence-electron chi connectivity index (χ4n) is 4.82. The maximum Gasteiger partial charge on any atom is 0.231 e. The minimum Gasteiger partial charge on any atom is -0.445 e. The van der Waals surface area contributed by atoms with Crippen molar-refractivity contribution in [1.29, 1.82) is 0 Å². The quantitative estimate of drug-likeness (QED) is 0.272. The number of oxazole rings is 1. The van der Waals surface area contributed by atoms with E-state index in [-0.39, 0.29) is 11.8 Å². The van der Waals surface area contributed by atoms with Crippen LogP contribution in [0.3, 0.4) is 0 Å². The topological polar surface area (TPSA) is 75.4 Å². The minimum atomic E-state index is 0.0395. The first-order valence-electron chi connectivity index (χ1n) is 13.1. The molecular formula is C31H33N5O2. The molecule has 3 aromatic heterocycles. The normalized spacial score (nSPS) is 14.1. The minimum absolute atomic E-state index is 0.0395. The molecule has 0 aliphatic heterocycles. The predicted octanol–water partition coefficient (Wildman–Crippen LogP) is 6.48. The van der Waals surface area contributed by atoms with E-state index >= 15 is 0 Å². The van der Waals surface area contributed by atoms with Gasteiger partial charge >= 0.3 is 0 Å². The van der Waals surface area contributed by atoms with Crippen molar-refractivity contribution in [3.8, 4) is 11.1 Å². The zero-order valence-corrected chi connectivity index (χ0v) is 22.0. The third-order valence-corrected chi connectivity index (χ3v) is 6.97. The second-order valence-electron chi connectivity index (χ2n) is 9.91. The van der Waals surface area contributed by atoms with Crippen LogP contribution < -0.4 is 9.80 Å². The van der Waals surface area contributed by atoms with Gasteiger partial charge in [0.05, 0.1) is 12.7 Å². The van der Waals surface area contributed by atoms with E-state index in [4.69, 9.17) is 4.42 Å². The summed E-state index contributed by atoms with van der Waals surface area (Å²) in [4.78, 5) is 30.9. The van der Waals surface area contributed by atoms with E-state index in [1.807, 2.05) is 60.4 Å². The summed E-state index contributed by atoms with van der Waals surface area (Å²) in [6, 6.07) is 16.3. The van der Waals surface area contributed by atoms with E-state index in [2.05, 4.69) is 45.3 Å². The number of anilines is 2. The summed E-state index contributed by atoms with van der Waals surface area (Å²) >= 11 is 0. The fourth-order valence-corrected chi connectivity index (χ4v) is 4.82.